The molecule has 0 radical (unpaired) electrons. The smallest absolute Gasteiger partial charge is 0.0787 e. The minimum Gasteiger partial charge on any atom is -0.324 e. The molecule has 0 aliphatic heterocycles. The first kappa shape index (κ1) is 22.2. The molecule has 0 aromatic rings. The van der Waals surface area contributed by atoms with Crippen LogP contribution in [-0.2, 0) is 0 Å². The highest BCUT2D eigenvalue weighted by atomic mass is 35.5. The molecule has 0 spiro atoms. The Morgan fingerprint density at radius 1 is 0.500 bits per heavy atom. The van der Waals surface area contributed by atoms with Gasteiger partial charge in [-0.1, -0.05) is 46.5 Å². The zero-order chi connectivity index (χ0) is 16.5. The third-order valence-corrected chi connectivity index (χ3v) is 5.24. The fourth-order valence-electron chi connectivity index (χ4n) is 3.48. The molecule has 0 rings (SSSR count). The lowest BCUT2D eigenvalue weighted by Crippen LogP contribution is -2.50. The summed E-state index contributed by atoms with van der Waals surface area (Å²) in [6.45, 7) is 12.5. The van der Waals surface area contributed by atoms with Gasteiger partial charge < -0.3 is 4.48 Å². The molecule has 1 nitrogen and oxygen atoms in total. The van der Waals surface area contributed by atoms with E-state index in [0.29, 0.717) is 0 Å². The number of hydrogen-bond acceptors (Lipinski definition) is 0. The van der Waals surface area contributed by atoms with E-state index in [1.807, 2.05) is 0 Å². The largest absolute Gasteiger partial charge is 0.324 e. The Labute approximate surface area is 146 Å². The SMILES string of the molecule is CCCCCC[N+](CCCCC)(CCCCC)CCCCCl. The molecule has 0 unspecified atom stereocenters. The maximum Gasteiger partial charge on any atom is 0.0787 e. The van der Waals surface area contributed by atoms with Crippen LogP contribution in [0.1, 0.15) is 97.8 Å². The van der Waals surface area contributed by atoms with Gasteiger partial charge in [-0.2, -0.15) is 0 Å². The van der Waals surface area contributed by atoms with E-state index in [0.717, 1.165) is 5.88 Å². The molecule has 0 aromatic carbocycles. The van der Waals surface area contributed by atoms with Gasteiger partial charge in [0.2, 0.25) is 0 Å². The molecule has 22 heavy (non-hydrogen) atoms. The molecule has 0 aliphatic rings. The van der Waals surface area contributed by atoms with E-state index < -0.39 is 0 Å². The van der Waals surface area contributed by atoms with Gasteiger partial charge in [0.25, 0.3) is 0 Å². The molecular formula is C20H43ClN+. The van der Waals surface area contributed by atoms with E-state index in [1.54, 1.807) is 0 Å². The van der Waals surface area contributed by atoms with Crippen LogP contribution in [0.3, 0.4) is 0 Å². The van der Waals surface area contributed by atoms with Gasteiger partial charge in [-0.3, -0.25) is 0 Å². The highest BCUT2D eigenvalue weighted by Gasteiger charge is 2.25. The Bertz CT molecular complexity index is 191. The molecule has 0 heterocycles. The van der Waals surface area contributed by atoms with Crippen molar-refractivity contribution in [3.63, 3.8) is 0 Å². The van der Waals surface area contributed by atoms with Gasteiger partial charge in [-0.05, 0) is 51.4 Å². The van der Waals surface area contributed by atoms with E-state index in [4.69, 9.17) is 11.6 Å². The molecule has 0 amide bonds. The third kappa shape index (κ3) is 11.8. The van der Waals surface area contributed by atoms with Crippen molar-refractivity contribution >= 4 is 11.6 Å². The predicted octanol–water partition coefficient (Wildman–Crippen LogP) is 6.78. The highest BCUT2D eigenvalue weighted by molar-refractivity contribution is 6.17. The van der Waals surface area contributed by atoms with Crippen LogP contribution >= 0.6 is 11.6 Å². The topological polar surface area (TPSA) is 0 Å². The van der Waals surface area contributed by atoms with Gasteiger partial charge in [0.1, 0.15) is 0 Å². The van der Waals surface area contributed by atoms with Gasteiger partial charge in [0.05, 0.1) is 26.2 Å². The second kappa shape index (κ2) is 16.1. The first-order valence-corrected chi connectivity index (χ1v) is 10.7. The number of halogens is 1. The zero-order valence-corrected chi connectivity index (χ0v) is 16.6. The molecule has 134 valence electrons. The lowest BCUT2D eigenvalue weighted by atomic mass is 10.1. The molecule has 0 atom stereocenters. The van der Waals surface area contributed by atoms with Crippen LogP contribution in [0.4, 0.5) is 0 Å². The lowest BCUT2D eigenvalue weighted by Gasteiger charge is -2.39. The quantitative estimate of drug-likeness (QED) is 0.156. The first-order valence-electron chi connectivity index (χ1n) is 10.2. The van der Waals surface area contributed by atoms with E-state index >= 15 is 0 Å². The Hall–Kier alpha value is 0.250. The normalized spacial score (nSPS) is 12.0. The number of unbranched alkanes of at least 4 members (excludes halogenated alkanes) is 8. The summed E-state index contributed by atoms with van der Waals surface area (Å²) >= 11 is 5.92. The first-order chi connectivity index (χ1) is 10.7. The van der Waals surface area contributed by atoms with E-state index in [2.05, 4.69) is 20.8 Å². The summed E-state index contributed by atoms with van der Waals surface area (Å²) < 4.78 is 1.39. The standard InChI is InChI=1S/C20H43ClN/c1-4-7-10-14-19-22(17-12-8-5-2,18-13-9-6-3)20-15-11-16-21/h4-20H2,1-3H3/q+1. The number of nitrogens with zero attached hydrogens (tertiary/aromatic N) is 1. The van der Waals surface area contributed by atoms with Crippen LogP contribution in [-0.4, -0.2) is 36.5 Å². The number of hydrogen-bond donors (Lipinski definition) is 0. The van der Waals surface area contributed by atoms with Crippen molar-refractivity contribution in [3.05, 3.63) is 0 Å². The van der Waals surface area contributed by atoms with Gasteiger partial charge in [0.15, 0.2) is 0 Å². The lowest BCUT2D eigenvalue weighted by molar-refractivity contribution is -0.929. The second-order valence-electron chi connectivity index (χ2n) is 7.11. The Morgan fingerprint density at radius 3 is 1.27 bits per heavy atom. The molecule has 0 aliphatic carbocycles. The fraction of sp³-hybridized carbons (Fsp3) is 1.00. The van der Waals surface area contributed by atoms with E-state index in [9.17, 15) is 0 Å². The molecule has 0 N–H and O–H groups in total. The van der Waals surface area contributed by atoms with Crippen molar-refractivity contribution in [1.82, 2.24) is 0 Å². The van der Waals surface area contributed by atoms with Crippen molar-refractivity contribution in [2.75, 3.05) is 32.1 Å². The van der Waals surface area contributed by atoms with Crippen molar-refractivity contribution in [3.8, 4) is 0 Å². The van der Waals surface area contributed by atoms with Crippen LogP contribution in [0, 0.1) is 0 Å². The summed E-state index contributed by atoms with van der Waals surface area (Å²) in [6, 6.07) is 0. The van der Waals surface area contributed by atoms with Crippen LogP contribution < -0.4 is 0 Å². The van der Waals surface area contributed by atoms with Crippen LogP contribution in [0.5, 0.6) is 0 Å². The highest BCUT2D eigenvalue weighted by Crippen LogP contribution is 2.18. The minimum absolute atomic E-state index is 0.833. The fourth-order valence-corrected chi connectivity index (χ4v) is 3.67. The maximum absolute atomic E-state index is 5.92. The number of alkyl halides is 1. The van der Waals surface area contributed by atoms with Gasteiger partial charge >= 0.3 is 0 Å². The molecule has 2 heteroatoms. The molecule has 0 saturated heterocycles. The van der Waals surface area contributed by atoms with Crippen LogP contribution in [0.15, 0.2) is 0 Å². The van der Waals surface area contributed by atoms with Crippen molar-refractivity contribution in [2.24, 2.45) is 0 Å². The predicted molar refractivity (Wildman–Crippen MR) is 103 cm³/mol. The van der Waals surface area contributed by atoms with E-state index in [-0.39, 0.29) is 0 Å². The average molecular weight is 333 g/mol. The second-order valence-corrected chi connectivity index (χ2v) is 7.48. The van der Waals surface area contributed by atoms with Gasteiger partial charge in [0, 0.05) is 5.88 Å². The minimum atomic E-state index is 0.833. The molecule has 0 fully saturated rings. The van der Waals surface area contributed by atoms with Crippen molar-refractivity contribution in [2.45, 2.75) is 97.8 Å². The monoisotopic (exact) mass is 332 g/mol. The summed E-state index contributed by atoms with van der Waals surface area (Å²) in [5.41, 5.74) is 0. The summed E-state index contributed by atoms with van der Waals surface area (Å²) in [7, 11) is 0. The summed E-state index contributed by atoms with van der Waals surface area (Å²) in [5.74, 6) is 0.833. The third-order valence-electron chi connectivity index (χ3n) is 4.97. The van der Waals surface area contributed by atoms with Gasteiger partial charge in [-0.25, -0.2) is 0 Å². The van der Waals surface area contributed by atoms with Crippen molar-refractivity contribution in [1.29, 1.82) is 0 Å². The molecular weight excluding hydrogens is 290 g/mol. The Balaban J connectivity index is 4.53. The Kier molecular flexibility index (Phi) is 16.3. The molecule has 0 bridgehead atoms. The van der Waals surface area contributed by atoms with Gasteiger partial charge in [-0.15, -0.1) is 11.6 Å². The van der Waals surface area contributed by atoms with E-state index in [1.165, 1.54) is 108 Å². The average Bonchev–Trinajstić information content (AvgIpc) is 2.52. The summed E-state index contributed by atoms with van der Waals surface area (Å²) in [6.07, 6.45) is 16.4. The Morgan fingerprint density at radius 2 is 0.864 bits per heavy atom. The molecule has 0 aromatic heterocycles. The maximum atomic E-state index is 5.92. The molecule has 0 saturated carbocycles. The number of quaternary nitrogens is 1. The summed E-state index contributed by atoms with van der Waals surface area (Å²) in [4.78, 5) is 0. The van der Waals surface area contributed by atoms with Crippen molar-refractivity contribution < 1.29 is 4.48 Å². The zero-order valence-electron chi connectivity index (χ0n) is 15.8. The number of rotatable bonds is 17. The summed E-state index contributed by atoms with van der Waals surface area (Å²) in [5, 5.41) is 0. The van der Waals surface area contributed by atoms with Crippen LogP contribution in [0.25, 0.3) is 0 Å². The van der Waals surface area contributed by atoms with Crippen LogP contribution in [0.2, 0.25) is 0 Å².